The van der Waals surface area contributed by atoms with E-state index in [-0.39, 0.29) is 5.63 Å². The number of nitrogens with zero attached hydrogens (tertiary/aromatic N) is 1. The maximum absolute atomic E-state index is 12.3. The number of fused-ring (bicyclic) bond motifs is 1. The van der Waals surface area contributed by atoms with E-state index in [4.69, 9.17) is 9.15 Å². The Morgan fingerprint density at radius 1 is 1.14 bits per heavy atom. The highest BCUT2D eigenvalue weighted by atomic mass is 16.5. The summed E-state index contributed by atoms with van der Waals surface area (Å²) in [6.07, 6.45) is 4.58. The van der Waals surface area contributed by atoms with Gasteiger partial charge in [0.2, 0.25) is 5.88 Å². The number of hydrogen-bond donors (Lipinski definition) is 0. The second-order valence-corrected chi connectivity index (χ2v) is 5.81. The number of hydrogen-bond acceptors (Lipinski definition) is 4. The molecule has 1 aromatic carbocycles. The van der Waals surface area contributed by atoms with Gasteiger partial charge in [-0.15, -0.1) is 0 Å². The first-order valence-electron chi connectivity index (χ1n) is 8.18. The molecule has 1 aliphatic rings. The third-order valence-electron chi connectivity index (χ3n) is 4.25. The molecular formula is C18H23NO3. The zero-order valence-electron chi connectivity index (χ0n) is 13.1. The molecule has 0 spiro atoms. The molecule has 1 aliphatic heterocycles. The van der Waals surface area contributed by atoms with Crippen molar-refractivity contribution in [2.24, 2.45) is 0 Å². The van der Waals surface area contributed by atoms with Crippen molar-refractivity contribution in [1.82, 2.24) is 0 Å². The summed E-state index contributed by atoms with van der Waals surface area (Å²) in [5.41, 5.74) is 1.00. The Balaban J connectivity index is 1.98. The van der Waals surface area contributed by atoms with Crippen molar-refractivity contribution in [3.8, 4) is 0 Å². The summed E-state index contributed by atoms with van der Waals surface area (Å²) >= 11 is 0. The van der Waals surface area contributed by atoms with Crippen molar-refractivity contribution in [2.45, 2.75) is 32.6 Å². The second kappa shape index (κ2) is 6.97. The lowest BCUT2D eigenvalue weighted by molar-refractivity contribution is 0.120. The number of morpholine rings is 1. The largest absolute Gasteiger partial charge is 0.406 e. The maximum Gasteiger partial charge on any atom is 0.345 e. The molecule has 0 atom stereocenters. The van der Waals surface area contributed by atoms with E-state index >= 15 is 0 Å². The molecule has 4 heteroatoms. The molecule has 0 bridgehead atoms. The highest BCUT2D eigenvalue weighted by Crippen LogP contribution is 2.24. The lowest BCUT2D eigenvalue weighted by atomic mass is 10.0. The van der Waals surface area contributed by atoms with Gasteiger partial charge in [0.05, 0.1) is 18.6 Å². The Bertz CT molecular complexity index is 686. The highest BCUT2D eigenvalue weighted by molar-refractivity contribution is 5.86. The highest BCUT2D eigenvalue weighted by Gasteiger charge is 2.16. The van der Waals surface area contributed by atoms with Gasteiger partial charge in [-0.3, -0.25) is 0 Å². The summed E-state index contributed by atoms with van der Waals surface area (Å²) in [7, 11) is 0. The van der Waals surface area contributed by atoms with Crippen molar-refractivity contribution in [2.75, 3.05) is 31.2 Å². The van der Waals surface area contributed by atoms with E-state index in [1.165, 1.54) is 18.4 Å². The molecule has 0 aliphatic carbocycles. The van der Waals surface area contributed by atoms with Crippen LogP contribution in [0.2, 0.25) is 0 Å². The number of rotatable bonds is 5. The molecule has 22 heavy (non-hydrogen) atoms. The Morgan fingerprint density at radius 3 is 2.73 bits per heavy atom. The van der Waals surface area contributed by atoms with Crippen LogP contribution in [-0.2, 0) is 11.2 Å². The SMILES string of the molecule is CCCCCc1cccc2c(=O)oc(N3CCOCC3)cc12. The molecule has 4 nitrogen and oxygen atoms in total. The third kappa shape index (κ3) is 3.17. The van der Waals surface area contributed by atoms with Crippen LogP contribution in [0, 0.1) is 0 Å². The second-order valence-electron chi connectivity index (χ2n) is 5.81. The normalized spacial score (nSPS) is 15.4. The van der Waals surface area contributed by atoms with Crippen LogP contribution in [0.1, 0.15) is 31.7 Å². The summed E-state index contributed by atoms with van der Waals surface area (Å²) in [5.74, 6) is 0.670. The first-order valence-corrected chi connectivity index (χ1v) is 8.18. The third-order valence-corrected chi connectivity index (χ3v) is 4.25. The summed E-state index contributed by atoms with van der Waals surface area (Å²) < 4.78 is 10.9. The number of benzene rings is 1. The summed E-state index contributed by atoms with van der Waals surface area (Å²) in [6, 6.07) is 7.96. The predicted octanol–water partition coefficient (Wildman–Crippen LogP) is 3.36. The minimum absolute atomic E-state index is 0.240. The van der Waals surface area contributed by atoms with Crippen LogP contribution < -0.4 is 10.5 Å². The number of aryl methyl sites for hydroxylation is 1. The Kier molecular flexibility index (Phi) is 4.78. The van der Waals surface area contributed by atoms with Gasteiger partial charge in [0.25, 0.3) is 0 Å². The molecule has 0 N–H and O–H groups in total. The van der Waals surface area contributed by atoms with Gasteiger partial charge < -0.3 is 14.1 Å². The number of anilines is 1. The van der Waals surface area contributed by atoms with Crippen LogP contribution in [0.15, 0.2) is 33.5 Å². The van der Waals surface area contributed by atoms with Crippen LogP contribution in [0.3, 0.4) is 0 Å². The van der Waals surface area contributed by atoms with Gasteiger partial charge >= 0.3 is 5.63 Å². The van der Waals surface area contributed by atoms with Crippen LogP contribution in [0.25, 0.3) is 10.8 Å². The van der Waals surface area contributed by atoms with Gasteiger partial charge in [-0.05, 0) is 29.9 Å². The van der Waals surface area contributed by atoms with E-state index in [1.54, 1.807) is 0 Å². The molecule has 1 fully saturated rings. The monoisotopic (exact) mass is 301 g/mol. The lowest BCUT2D eigenvalue weighted by Crippen LogP contribution is -2.36. The minimum Gasteiger partial charge on any atom is -0.406 e. The summed E-state index contributed by atoms with van der Waals surface area (Å²) in [5, 5.41) is 1.72. The first-order chi connectivity index (χ1) is 10.8. The molecule has 0 amide bonds. The fraction of sp³-hybridized carbons (Fsp3) is 0.500. The van der Waals surface area contributed by atoms with Crippen molar-refractivity contribution in [3.63, 3.8) is 0 Å². The molecule has 3 rings (SSSR count). The Labute approximate surface area is 130 Å². The molecule has 0 unspecified atom stereocenters. The van der Waals surface area contributed by atoms with E-state index in [9.17, 15) is 4.79 Å². The molecule has 2 heterocycles. The topological polar surface area (TPSA) is 42.7 Å². The minimum atomic E-state index is -0.240. The van der Waals surface area contributed by atoms with E-state index in [0.29, 0.717) is 24.5 Å². The Morgan fingerprint density at radius 2 is 1.95 bits per heavy atom. The first kappa shape index (κ1) is 15.1. The number of ether oxygens (including phenoxy) is 1. The van der Waals surface area contributed by atoms with Crippen molar-refractivity contribution >= 4 is 16.7 Å². The average molecular weight is 301 g/mol. The van der Waals surface area contributed by atoms with E-state index in [2.05, 4.69) is 17.9 Å². The van der Waals surface area contributed by atoms with Crippen molar-refractivity contribution in [3.05, 3.63) is 40.2 Å². The zero-order valence-corrected chi connectivity index (χ0v) is 13.1. The van der Waals surface area contributed by atoms with Gasteiger partial charge in [-0.2, -0.15) is 0 Å². The smallest absolute Gasteiger partial charge is 0.345 e. The Hall–Kier alpha value is -1.81. The van der Waals surface area contributed by atoms with Crippen molar-refractivity contribution < 1.29 is 9.15 Å². The van der Waals surface area contributed by atoms with E-state index < -0.39 is 0 Å². The quantitative estimate of drug-likeness (QED) is 0.794. The fourth-order valence-electron chi connectivity index (χ4n) is 2.99. The molecule has 0 saturated carbocycles. The molecule has 1 aromatic heterocycles. The molecular weight excluding hydrogens is 278 g/mol. The fourth-order valence-corrected chi connectivity index (χ4v) is 2.99. The molecule has 0 radical (unpaired) electrons. The van der Waals surface area contributed by atoms with Gasteiger partial charge in [0.15, 0.2) is 0 Å². The van der Waals surface area contributed by atoms with Crippen LogP contribution in [0.4, 0.5) is 5.88 Å². The van der Waals surface area contributed by atoms with E-state index in [1.807, 2.05) is 18.2 Å². The van der Waals surface area contributed by atoms with Crippen LogP contribution in [0.5, 0.6) is 0 Å². The molecule has 118 valence electrons. The van der Waals surface area contributed by atoms with Gasteiger partial charge in [-0.1, -0.05) is 31.9 Å². The lowest BCUT2D eigenvalue weighted by Gasteiger charge is -2.27. The van der Waals surface area contributed by atoms with Crippen LogP contribution in [-0.4, -0.2) is 26.3 Å². The molecule has 2 aromatic rings. The van der Waals surface area contributed by atoms with Gasteiger partial charge in [0, 0.05) is 19.2 Å². The average Bonchev–Trinajstić information content (AvgIpc) is 2.56. The van der Waals surface area contributed by atoms with E-state index in [0.717, 1.165) is 31.3 Å². The molecule has 1 saturated heterocycles. The zero-order chi connectivity index (χ0) is 15.4. The van der Waals surface area contributed by atoms with Crippen LogP contribution >= 0.6 is 0 Å². The predicted molar refractivity (Wildman–Crippen MR) is 88.7 cm³/mol. The van der Waals surface area contributed by atoms with Crippen molar-refractivity contribution in [1.29, 1.82) is 0 Å². The maximum atomic E-state index is 12.3. The number of unbranched alkanes of at least 4 members (excludes halogenated alkanes) is 2. The van der Waals surface area contributed by atoms with Gasteiger partial charge in [-0.25, -0.2) is 4.79 Å². The summed E-state index contributed by atoms with van der Waals surface area (Å²) in [6.45, 7) is 5.10. The standard InChI is InChI=1S/C18H23NO3/c1-2-3-4-6-14-7-5-8-15-16(14)13-17(22-18(15)20)19-9-11-21-12-10-19/h5,7-8,13H,2-4,6,9-12H2,1H3. The summed E-state index contributed by atoms with van der Waals surface area (Å²) in [4.78, 5) is 14.4. The van der Waals surface area contributed by atoms with Gasteiger partial charge in [0.1, 0.15) is 0 Å².